The first kappa shape index (κ1) is 28.3. The van der Waals surface area contributed by atoms with Gasteiger partial charge in [0, 0.05) is 36.7 Å². The minimum atomic E-state index is -1.19. The van der Waals surface area contributed by atoms with Crippen molar-refractivity contribution in [2.75, 3.05) is 44.8 Å². The minimum Gasteiger partial charge on any atom is -0.497 e. The predicted octanol–water partition coefficient (Wildman–Crippen LogP) is 2.38. The van der Waals surface area contributed by atoms with Crippen LogP contribution < -0.4 is 9.64 Å². The Morgan fingerprint density at radius 2 is 1.92 bits per heavy atom. The molecule has 3 fully saturated rings. The van der Waals surface area contributed by atoms with Crippen LogP contribution in [0.25, 0.3) is 0 Å². The van der Waals surface area contributed by atoms with Gasteiger partial charge >= 0.3 is 0 Å². The van der Waals surface area contributed by atoms with E-state index in [0.29, 0.717) is 30.9 Å². The monoisotopic (exact) mass is 589 g/mol. The van der Waals surface area contributed by atoms with Crippen molar-refractivity contribution in [3.63, 3.8) is 0 Å². The number of anilines is 1. The van der Waals surface area contributed by atoms with Crippen LogP contribution in [0, 0.1) is 11.8 Å². The third kappa shape index (κ3) is 4.56. The van der Waals surface area contributed by atoms with E-state index in [4.69, 9.17) is 9.47 Å². The molecule has 1 spiro atoms. The number of amides is 3. The molecule has 206 valence electrons. The molecule has 0 aromatic heterocycles. The maximum atomic E-state index is 14.3. The second kappa shape index (κ2) is 11.6. The van der Waals surface area contributed by atoms with Crippen molar-refractivity contribution in [3.05, 3.63) is 49.6 Å². The lowest BCUT2D eigenvalue weighted by Crippen LogP contribution is -2.57. The molecule has 10 heteroatoms. The number of alkyl halides is 1. The number of hydrogen-bond donors (Lipinski definition) is 1. The summed E-state index contributed by atoms with van der Waals surface area (Å²) in [4.78, 5) is 46.6. The van der Waals surface area contributed by atoms with Crippen LogP contribution in [0.15, 0.2) is 49.6 Å². The summed E-state index contributed by atoms with van der Waals surface area (Å²) in [6, 6.07) is 6.05. The molecule has 3 unspecified atom stereocenters. The number of carbonyl (C=O) groups is 3. The molecule has 0 saturated carbocycles. The van der Waals surface area contributed by atoms with Gasteiger partial charge in [-0.15, -0.1) is 13.2 Å². The fourth-order valence-electron chi connectivity index (χ4n) is 6.33. The first-order valence-corrected chi connectivity index (χ1v) is 13.9. The Labute approximate surface area is 232 Å². The SMILES string of the molecule is C=CCN(CCC)C(=O)[C@H]1[C@H]2C(=O)N(CCO)C(C(=O)N(CC=C)c3ccc(OC)cc3)C23CC(Br)[C@@H]1O3. The second-order valence-corrected chi connectivity index (χ2v) is 11.1. The Morgan fingerprint density at radius 1 is 1.24 bits per heavy atom. The van der Waals surface area contributed by atoms with Crippen LogP contribution in [-0.2, 0) is 19.1 Å². The normalized spacial score (nSPS) is 29.2. The van der Waals surface area contributed by atoms with Crippen LogP contribution in [-0.4, -0.2) is 95.1 Å². The summed E-state index contributed by atoms with van der Waals surface area (Å²) in [5.41, 5.74) is -0.580. The van der Waals surface area contributed by atoms with E-state index in [1.807, 2.05) is 6.92 Å². The number of likely N-dealkylation sites (tertiary alicyclic amines) is 1. The summed E-state index contributed by atoms with van der Waals surface area (Å²) in [6.45, 7) is 10.3. The minimum absolute atomic E-state index is 0.0365. The number of fused-ring (bicyclic) bond motifs is 1. The van der Waals surface area contributed by atoms with E-state index < -0.39 is 29.6 Å². The van der Waals surface area contributed by atoms with Gasteiger partial charge in [0.15, 0.2) is 0 Å². The lowest BCUT2D eigenvalue weighted by molar-refractivity contribution is -0.145. The number of carbonyl (C=O) groups excluding carboxylic acids is 3. The van der Waals surface area contributed by atoms with Crippen molar-refractivity contribution in [2.24, 2.45) is 11.8 Å². The summed E-state index contributed by atoms with van der Waals surface area (Å²) in [5.74, 6) is -1.75. The molecule has 3 aliphatic rings. The number of methoxy groups -OCH3 is 1. The van der Waals surface area contributed by atoms with E-state index in [1.54, 1.807) is 53.3 Å². The van der Waals surface area contributed by atoms with Gasteiger partial charge in [-0.05, 0) is 37.1 Å². The quantitative estimate of drug-likeness (QED) is 0.297. The molecule has 6 atom stereocenters. The highest BCUT2D eigenvalue weighted by Gasteiger charge is 2.76. The topological polar surface area (TPSA) is 99.6 Å². The third-order valence-corrected chi connectivity index (χ3v) is 8.61. The Balaban J connectivity index is 1.76. The number of halogens is 1. The number of nitrogens with zero attached hydrogens (tertiary/aromatic N) is 3. The molecular weight excluding hydrogens is 554 g/mol. The molecular formula is C28H36BrN3O6. The molecule has 9 nitrogen and oxygen atoms in total. The first-order valence-electron chi connectivity index (χ1n) is 13.0. The molecule has 1 aromatic rings. The molecule has 1 N–H and O–H groups in total. The molecule has 1 aromatic carbocycles. The molecule has 3 saturated heterocycles. The molecule has 0 aliphatic carbocycles. The van der Waals surface area contributed by atoms with E-state index in [2.05, 4.69) is 29.1 Å². The number of benzene rings is 1. The Bertz CT molecular complexity index is 1080. The van der Waals surface area contributed by atoms with Crippen molar-refractivity contribution in [1.29, 1.82) is 0 Å². The number of ether oxygens (including phenoxy) is 2. The van der Waals surface area contributed by atoms with Crippen LogP contribution in [0.3, 0.4) is 0 Å². The Morgan fingerprint density at radius 3 is 2.50 bits per heavy atom. The maximum Gasteiger partial charge on any atom is 0.253 e. The van der Waals surface area contributed by atoms with Crippen molar-refractivity contribution in [3.8, 4) is 5.75 Å². The highest BCUT2D eigenvalue weighted by Crippen LogP contribution is 2.60. The van der Waals surface area contributed by atoms with Gasteiger partial charge in [-0.2, -0.15) is 0 Å². The molecule has 3 aliphatic heterocycles. The third-order valence-electron chi connectivity index (χ3n) is 7.77. The fraction of sp³-hybridized carbons (Fsp3) is 0.536. The number of β-amino-alcohol motifs (C(OH)–C–C–N with tert-alkyl or cyclic N) is 1. The summed E-state index contributed by atoms with van der Waals surface area (Å²) >= 11 is 3.70. The highest BCUT2D eigenvalue weighted by molar-refractivity contribution is 9.09. The fourth-order valence-corrected chi connectivity index (χ4v) is 7.27. The number of aliphatic hydroxyl groups is 1. The average molecular weight is 591 g/mol. The largest absolute Gasteiger partial charge is 0.497 e. The molecule has 2 bridgehead atoms. The maximum absolute atomic E-state index is 14.3. The first-order chi connectivity index (χ1) is 18.3. The van der Waals surface area contributed by atoms with Crippen LogP contribution in [0.4, 0.5) is 5.69 Å². The molecule has 3 amide bonds. The standard InChI is InChI=1S/C28H36BrN3O6/c1-5-12-30(13-6-2)25(34)21-22-26(35)32(15-16-33)24(28(22)17-20(29)23(21)38-28)27(36)31(14-7-3)18-8-10-19(37-4)11-9-18/h5,7-11,20-24,33H,1,3,6,12-17H2,2,4H3/t20?,21-,22-,23-,24?,28?/m0/s1. The zero-order chi connectivity index (χ0) is 27.6. The van der Waals surface area contributed by atoms with E-state index >= 15 is 0 Å². The van der Waals surface area contributed by atoms with Crippen LogP contribution in [0.2, 0.25) is 0 Å². The zero-order valence-corrected chi connectivity index (χ0v) is 23.5. The van der Waals surface area contributed by atoms with Gasteiger partial charge in [0.05, 0.1) is 31.7 Å². The summed E-state index contributed by atoms with van der Waals surface area (Å²) in [7, 11) is 1.57. The van der Waals surface area contributed by atoms with E-state index in [-0.39, 0.29) is 42.2 Å². The summed E-state index contributed by atoms with van der Waals surface area (Å²) < 4.78 is 11.8. The predicted molar refractivity (Wildman–Crippen MR) is 147 cm³/mol. The van der Waals surface area contributed by atoms with Crippen LogP contribution >= 0.6 is 15.9 Å². The van der Waals surface area contributed by atoms with Gasteiger partial charge in [-0.3, -0.25) is 14.4 Å². The molecule has 0 radical (unpaired) electrons. The van der Waals surface area contributed by atoms with Crippen molar-refractivity contribution < 1.29 is 29.0 Å². The van der Waals surface area contributed by atoms with Gasteiger partial charge < -0.3 is 29.3 Å². The molecule has 4 rings (SSSR count). The van der Waals surface area contributed by atoms with Gasteiger partial charge in [-0.25, -0.2) is 0 Å². The van der Waals surface area contributed by atoms with Crippen LogP contribution in [0.1, 0.15) is 19.8 Å². The zero-order valence-electron chi connectivity index (χ0n) is 21.9. The van der Waals surface area contributed by atoms with Gasteiger partial charge in [0.2, 0.25) is 11.8 Å². The number of rotatable bonds is 12. The molecule has 3 heterocycles. The number of hydrogen-bond acceptors (Lipinski definition) is 6. The van der Waals surface area contributed by atoms with Crippen LogP contribution in [0.5, 0.6) is 5.75 Å². The highest BCUT2D eigenvalue weighted by atomic mass is 79.9. The summed E-state index contributed by atoms with van der Waals surface area (Å²) in [5, 5.41) is 9.86. The van der Waals surface area contributed by atoms with Gasteiger partial charge in [-0.1, -0.05) is 35.0 Å². The van der Waals surface area contributed by atoms with E-state index in [0.717, 1.165) is 6.42 Å². The van der Waals surface area contributed by atoms with Crippen molar-refractivity contribution in [2.45, 2.75) is 42.3 Å². The average Bonchev–Trinajstić information content (AvgIpc) is 3.50. The smallest absolute Gasteiger partial charge is 0.253 e. The Kier molecular flexibility index (Phi) is 8.64. The Hall–Kier alpha value is -2.69. The van der Waals surface area contributed by atoms with Gasteiger partial charge in [0.25, 0.3) is 5.91 Å². The summed E-state index contributed by atoms with van der Waals surface area (Å²) in [6.07, 6.45) is 3.91. The number of aliphatic hydroxyl groups excluding tert-OH is 1. The lowest BCUT2D eigenvalue weighted by atomic mass is 9.70. The van der Waals surface area contributed by atoms with Crippen molar-refractivity contribution >= 4 is 39.3 Å². The second-order valence-electron chi connectivity index (χ2n) is 9.93. The van der Waals surface area contributed by atoms with Crippen molar-refractivity contribution in [1.82, 2.24) is 9.80 Å². The van der Waals surface area contributed by atoms with Gasteiger partial charge in [0.1, 0.15) is 17.4 Å². The molecule has 38 heavy (non-hydrogen) atoms. The van der Waals surface area contributed by atoms with E-state index in [9.17, 15) is 19.5 Å². The van der Waals surface area contributed by atoms with E-state index in [1.165, 1.54) is 4.90 Å². The lowest BCUT2D eigenvalue weighted by Gasteiger charge is -2.37.